The molecule has 1 N–H and O–H groups in total. The average Bonchev–Trinajstić information content (AvgIpc) is 2.74. The molecule has 1 heterocycles. The average molecular weight is 391 g/mol. The molecule has 0 atom stereocenters. The summed E-state index contributed by atoms with van der Waals surface area (Å²) >= 11 is 0. The number of anilines is 1. The van der Waals surface area contributed by atoms with Gasteiger partial charge in [0.2, 0.25) is 0 Å². The number of nitrogens with zero attached hydrogens (tertiary/aromatic N) is 3. The highest BCUT2D eigenvalue weighted by atomic mass is 16.5. The van der Waals surface area contributed by atoms with Crippen LogP contribution in [0.15, 0.2) is 24.3 Å². The SMILES string of the molecule is CCN(CC)CCCN(CC)C(=O)NC1CCN(c2cccc(OC)c2)CC1. The topological polar surface area (TPSA) is 48.0 Å². The fraction of sp³-hybridized carbons (Fsp3) is 0.682. The van der Waals surface area contributed by atoms with Gasteiger partial charge in [-0.2, -0.15) is 0 Å². The van der Waals surface area contributed by atoms with Crippen molar-refractivity contribution in [2.24, 2.45) is 0 Å². The minimum atomic E-state index is 0.0851. The monoisotopic (exact) mass is 390 g/mol. The summed E-state index contributed by atoms with van der Waals surface area (Å²) in [5, 5.41) is 3.25. The molecule has 0 aliphatic carbocycles. The Labute approximate surface area is 170 Å². The van der Waals surface area contributed by atoms with Crippen molar-refractivity contribution >= 4 is 11.7 Å². The molecule has 0 radical (unpaired) electrons. The van der Waals surface area contributed by atoms with Crippen LogP contribution in [-0.2, 0) is 0 Å². The van der Waals surface area contributed by atoms with Crippen LogP contribution < -0.4 is 15.0 Å². The van der Waals surface area contributed by atoms with Crippen LogP contribution in [0.3, 0.4) is 0 Å². The van der Waals surface area contributed by atoms with Gasteiger partial charge in [0.15, 0.2) is 0 Å². The molecule has 0 spiro atoms. The Morgan fingerprint density at radius 1 is 1.14 bits per heavy atom. The number of carbonyl (C=O) groups excluding carboxylic acids is 1. The van der Waals surface area contributed by atoms with Crippen LogP contribution in [0.2, 0.25) is 0 Å². The number of ether oxygens (including phenoxy) is 1. The summed E-state index contributed by atoms with van der Waals surface area (Å²) in [7, 11) is 1.70. The molecule has 1 aliphatic rings. The van der Waals surface area contributed by atoms with Gasteiger partial charge in [-0.15, -0.1) is 0 Å². The summed E-state index contributed by atoms with van der Waals surface area (Å²) < 4.78 is 5.33. The Balaban J connectivity index is 1.76. The Morgan fingerprint density at radius 2 is 1.86 bits per heavy atom. The minimum absolute atomic E-state index is 0.0851. The van der Waals surface area contributed by atoms with Gasteiger partial charge in [-0.25, -0.2) is 4.79 Å². The molecule has 1 saturated heterocycles. The molecule has 6 heteroatoms. The van der Waals surface area contributed by atoms with Gasteiger partial charge in [0.25, 0.3) is 0 Å². The summed E-state index contributed by atoms with van der Waals surface area (Å²) in [6.45, 7) is 13.1. The largest absolute Gasteiger partial charge is 0.497 e. The normalized spacial score (nSPS) is 15.0. The number of urea groups is 1. The molecule has 1 aliphatic heterocycles. The fourth-order valence-electron chi connectivity index (χ4n) is 3.78. The molecule has 1 fully saturated rings. The Morgan fingerprint density at radius 3 is 2.46 bits per heavy atom. The van der Waals surface area contributed by atoms with Crippen LogP contribution in [-0.4, -0.2) is 74.8 Å². The van der Waals surface area contributed by atoms with E-state index in [1.54, 1.807) is 7.11 Å². The number of carbonyl (C=O) groups is 1. The van der Waals surface area contributed by atoms with Gasteiger partial charge in [0.05, 0.1) is 7.11 Å². The number of hydrogen-bond acceptors (Lipinski definition) is 4. The first-order valence-electron chi connectivity index (χ1n) is 10.8. The van der Waals surface area contributed by atoms with Gasteiger partial charge in [-0.1, -0.05) is 19.9 Å². The highest BCUT2D eigenvalue weighted by Gasteiger charge is 2.23. The second-order valence-corrected chi connectivity index (χ2v) is 7.37. The zero-order valence-corrected chi connectivity index (χ0v) is 18.1. The quantitative estimate of drug-likeness (QED) is 0.665. The summed E-state index contributed by atoms with van der Waals surface area (Å²) in [6.07, 6.45) is 2.97. The number of amides is 2. The summed E-state index contributed by atoms with van der Waals surface area (Å²) in [6, 6.07) is 8.53. The predicted molar refractivity (Wildman–Crippen MR) is 116 cm³/mol. The van der Waals surface area contributed by atoms with Crippen molar-refractivity contribution in [1.29, 1.82) is 0 Å². The molecule has 28 heavy (non-hydrogen) atoms. The van der Waals surface area contributed by atoms with E-state index in [9.17, 15) is 4.79 Å². The summed E-state index contributed by atoms with van der Waals surface area (Å²) in [5.41, 5.74) is 1.19. The zero-order valence-electron chi connectivity index (χ0n) is 18.1. The number of piperidine rings is 1. The van der Waals surface area contributed by atoms with Gasteiger partial charge < -0.3 is 24.8 Å². The third-order valence-electron chi connectivity index (χ3n) is 5.71. The van der Waals surface area contributed by atoms with Crippen LogP contribution in [0, 0.1) is 0 Å². The number of methoxy groups -OCH3 is 1. The first-order chi connectivity index (χ1) is 13.6. The van der Waals surface area contributed by atoms with E-state index in [2.05, 4.69) is 48.0 Å². The molecule has 0 aromatic heterocycles. The van der Waals surface area contributed by atoms with E-state index in [-0.39, 0.29) is 12.1 Å². The molecule has 1 aromatic carbocycles. The molecule has 2 amide bonds. The van der Waals surface area contributed by atoms with E-state index in [1.807, 2.05) is 17.0 Å². The van der Waals surface area contributed by atoms with Gasteiger partial charge in [0.1, 0.15) is 5.75 Å². The van der Waals surface area contributed by atoms with Crippen molar-refractivity contribution in [2.75, 3.05) is 57.8 Å². The van der Waals surface area contributed by atoms with E-state index in [0.29, 0.717) is 0 Å². The lowest BCUT2D eigenvalue weighted by Crippen LogP contribution is -2.49. The second-order valence-electron chi connectivity index (χ2n) is 7.37. The Hall–Kier alpha value is -1.95. The van der Waals surface area contributed by atoms with Gasteiger partial charge in [-0.3, -0.25) is 0 Å². The highest BCUT2D eigenvalue weighted by Crippen LogP contribution is 2.24. The van der Waals surface area contributed by atoms with Crippen LogP contribution in [0.5, 0.6) is 5.75 Å². The smallest absolute Gasteiger partial charge is 0.317 e. The van der Waals surface area contributed by atoms with Crippen molar-refractivity contribution < 1.29 is 9.53 Å². The van der Waals surface area contributed by atoms with Crippen LogP contribution >= 0.6 is 0 Å². The van der Waals surface area contributed by atoms with E-state index in [0.717, 1.165) is 70.8 Å². The van der Waals surface area contributed by atoms with Crippen LogP contribution in [0.4, 0.5) is 10.5 Å². The van der Waals surface area contributed by atoms with E-state index < -0.39 is 0 Å². The second kappa shape index (κ2) is 11.8. The first kappa shape index (κ1) is 22.3. The van der Waals surface area contributed by atoms with Gasteiger partial charge in [0, 0.05) is 44.0 Å². The van der Waals surface area contributed by atoms with E-state index in [1.165, 1.54) is 5.69 Å². The molecule has 2 rings (SSSR count). The maximum atomic E-state index is 12.7. The summed E-state index contributed by atoms with van der Waals surface area (Å²) in [5.74, 6) is 0.885. The van der Waals surface area contributed by atoms with Crippen molar-refractivity contribution in [3.63, 3.8) is 0 Å². The third-order valence-corrected chi connectivity index (χ3v) is 5.71. The fourth-order valence-corrected chi connectivity index (χ4v) is 3.78. The molecule has 0 saturated carbocycles. The van der Waals surface area contributed by atoms with Crippen molar-refractivity contribution in [1.82, 2.24) is 15.1 Å². The molecule has 0 bridgehead atoms. The Kier molecular flexibility index (Phi) is 9.41. The van der Waals surface area contributed by atoms with Crippen LogP contribution in [0.25, 0.3) is 0 Å². The molecule has 1 aromatic rings. The first-order valence-corrected chi connectivity index (χ1v) is 10.8. The Bertz CT molecular complexity index is 584. The standard InChI is InChI=1S/C22H38N4O2/c1-5-24(6-2)14-9-15-25(7-3)22(27)23-19-12-16-26(17-13-19)20-10-8-11-21(18-20)28-4/h8,10-11,18-19H,5-7,9,12-17H2,1-4H3,(H,23,27). The number of rotatable bonds is 10. The minimum Gasteiger partial charge on any atom is -0.497 e. The lowest BCUT2D eigenvalue weighted by atomic mass is 10.0. The zero-order chi connectivity index (χ0) is 20.4. The molecule has 158 valence electrons. The lowest BCUT2D eigenvalue weighted by molar-refractivity contribution is 0.189. The highest BCUT2D eigenvalue weighted by molar-refractivity contribution is 5.74. The molecule has 6 nitrogen and oxygen atoms in total. The lowest BCUT2D eigenvalue weighted by Gasteiger charge is -2.35. The number of benzene rings is 1. The van der Waals surface area contributed by atoms with E-state index >= 15 is 0 Å². The van der Waals surface area contributed by atoms with Crippen LogP contribution in [0.1, 0.15) is 40.0 Å². The molecular weight excluding hydrogens is 352 g/mol. The van der Waals surface area contributed by atoms with E-state index in [4.69, 9.17) is 4.74 Å². The molecular formula is C22H38N4O2. The van der Waals surface area contributed by atoms with Crippen molar-refractivity contribution in [3.8, 4) is 5.75 Å². The third kappa shape index (κ3) is 6.59. The molecule has 0 unspecified atom stereocenters. The number of nitrogens with one attached hydrogen (secondary N) is 1. The maximum Gasteiger partial charge on any atom is 0.317 e. The predicted octanol–water partition coefficient (Wildman–Crippen LogP) is 3.43. The van der Waals surface area contributed by atoms with Crippen molar-refractivity contribution in [3.05, 3.63) is 24.3 Å². The summed E-state index contributed by atoms with van der Waals surface area (Å²) in [4.78, 5) is 19.4. The van der Waals surface area contributed by atoms with Crippen molar-refractivity contribution in [2.45, 2.75) is 46.1 Å². The van der Waals surface area contributed by atoms with Gasteiger partial charge in [-0.05, 0) is 58.0 Å². The number of hydrogen-bond donors (Lipinski definition) is 1. The van der Waals surface area contributed by atoms with Gasteiger partial charge >= 0.3 is 6.03 Å². The maximum absolute atomic E-state index is 12.7.